The normalized spacial score (nSPS) is 54.4. The Morgan fingerprint density at radius 3 is 2.57 bits per heavy atom. The third kappa shape index (κ3) is 1.44. The van der Waals surface area contributed by atoms with E-state index in [2.05, 4.69) is 86.8 Å². The van der Waals surface area contributed by atoms with Gasteiger partial charge in [0.1, 0.15) is 11.2 Å². The second-order valence-electron chi connectivity index (χ2n) is 7.40. The van der Waals surface area contributed by atoms with Crippen molar-refractivity contribution in [2.75, 3.05) is 13.2 Å². The molecule has 0 aromatic heterocycles. The topological polar surface area (TPSA) is 59.1 Å². The average molecular weight is 653 g/mol. The Balaban J connectivity index is 1.42. The Labute approximate surface area is 174 Å². The molecule has 0 N–H and O–H groups in total. The van der Waals surface area contributed by atoms with E-state index in [-0.39, 0.29) is 34.3 Å². The Morgan fingerprint density at radius 2 is 2.00 bits per heavy atom. The molecule has 5 nitrogen and oxygen atoms in total. The fourth-order valence-corrected chi connectivity index (χ4v) is 6.56. The lowest BCUT2D eigenvalue weighted by Gasteiger charge is -2.38. The van der Waals surface area contributed by atoms with Gasteiger partial charge in [0, 0.05) is 11.3 Å². The summed E-state index contributed by atoms with van der Waals surface area (Å²) in [7, 11) is 0. The molecule has 0 aromatic carbocycles. The lowest BCUT2D eigenvalue weighted by molar-refractivity contribution is -0.146. The van der Waals surface area contributed by atoms with Crippen LogP contribution < -0.4 is 0 Å². The molecular weight excluding hydrogens is 639 g/mol. The maximum absolute atomic E-state index is 13.2. The van der Waals surface area contributed by atoms with E-state index < -0.39 is 11.0 Å². The number of piperidine rings is 1. The number of carbonyl (C=O) groups excluding carboxylic acids is 2. The van der Waals surface area contributed by atoms with Crippen molar-refractivity contribution in [2.45, 2.75) is 24.7 Å². The average Bonchev–Trinajstić information content (AvgIpc) is 3.27. The summed E-state index contributed by atoms with van der Waals surface area (Å²) in [4.78, 5) is 27.4. The van der Waals surface area contributed by atoms with Crippen molar-refractivity contribution >= 4 is 79.6 Å². The summed E-state index contributed by atoms with van der Waals surface area (Å²) in [6, 6.07) is 0. The van der Waals surface area contributed by atoms with Gasteiger partial charge in [-0.05, 0) is 74.7 Å². The van der Waals surface area contributed by atoms with E-state index in [1.54, 1.807) is 0 Å². The third-order valence-electron chi connectivity index (χ3n) is 6.85. The van der Waals surface area contributed by atoms with Crippen LogP contribution >= 0.6 is 67.8 Å². The summed E-state index contributed by atoms with van der Waals surface area (Å²) >= 11 is 6.51. The van der Waals surface area contributed by atoms with Gasteiger partial charge < -0.3 is 9.47 Å². The highest BCUT2D eigenvalue weighted by Crippen LogP contribution is 2.94. The third-order valence-corrected chi connectivity index (χ3v) is 7.78. The molecule has 2 aliphatic heterocycles. The van der Waals surface area contributed by atoms with Crippen LogP contribution in [0.1, 0.15) is 13.8 Å². The van der Waals surface area contributed by atoms with Crippen LogP contribution in [0.2, 0.25) is 0 Å². The van der Waals surface area contributed by atoms with Crippen molar-refractivity contribution in [3.05, 3.63) is 12.2 Å². The minimum absolute atomic E-state index is 0.0311. The van der Waals surface area contributed by atoms with Crippen LogP contribution in [0.4, 0.5) is 0 Å². The predicted molar refractivity (Wildman–Crippen MR) is 106 cm³/mol. The van der Waals surface area contributed by atoms with Gasteiger partial charge in [-0.2, -0.15) is 0 Å². The fourth-order valence-electron chi connectivity index (χ4n) is 5.90. The molecule has 0 bridgehead atoms. The van der Waals surface area contributed by atoms with E-state index in [9.17, 15) is 9.59 Å². The summed E-state index contributed by atoms with van der Waals surface area (Å²) in [5.41, 5.74) is -1.58. The molecule has 3 aliphatic carbocycles. The molecule has 0 radical (unpaired) electrons. The molecule has 6 atom stereocenters. The van der Waals surface area contributed by atoms with Crippen LogP contribution in [0, 0.1) is 22.7 Å². The largest absolute Gasteiger partial charge is 0.356 e. The molecule has 124 valence electrons. The number of carbonyl (C=O) groups is 2. The van der Waals surface area contributed by atoms with Gasteiger partial charge in [-0.3, -0.25) is 14.5 Å². The number of rotatable bonds is 4. The Hall–Kier alpha value is 0.990. The van der Waals surface area contributed by atoms with E-state index >= 15 is 0 Å². The van der Waals surface area contributed by atoms with E-state index in [1.807, 2.05) is 6.92 Å². The summed E-state index contributed by atoms with van der Waals surface area (Å²) in [5.74, 6) is -0.154. The number of halogens is 3. The number of ether oxygens (including phenoxy) is 2. The van der Waals surface area contributed by atoms with Crippen molar-refractivity contribution in [1.29, 1.82) is 0 Å². The Morgan fingerprint density at radius 1 is 1.30 bits per heavy atom. The summed E-state index contributed by atoms with van der Waals surface area (Å²) in [6.45, 7) is 4.84. The van der Waals surface area contributed by atoms with Crippen LogP contribution in [0.25, 0.3) is 0 Å². The number of alkyl halides is 3. The fraction of sp³-hybridized carbons (Fsp3) is 0.733. The van der Waals surface area contributed by atoms with Crippen LogP contribution in [0.5, 0.6) is 0 Å². The first-order valence-corrected chi connectivity index (χ1v) is 10.8. The monoisotopic (exact) mass is 653 g/mol. The highest BCUT2D eigenvalue weighted by Gasteiger charge is 3.06. The van der Waals surface area contributed by atoms with Gasteiger partial charge in [-0.1, -0.05) is 19.1 Å². The molecule has 2 saturated carbocycles. The minimum Gasteiger partial charge on any atom is -0.356 e. The molecule has 6 unspecified atom stereocenters. The van der Waals surface area contributed by atoms with Gasteiger partial charge in [0.25, 0.3) is 0 Å². The van der Waals surface area contributed by atoms with Crippen molar-refractivity contribution in [1.82, 2.24) is 4.90 Å². The molecule has 5 aliphatic rings. The highest BCUT2D eigenvalue weighted by atomic mass is 127. The molecule has 23 heavy (non-hydrogen) atoms. The maximum atomic E-state index is 13.2. The van der Waals surface area contributed by atoms with E-state index in [1.165, 1.54) is 4.90 Å². The van der Waals surface area contributed by atoms with Gasteiger partial charge >= 0.3 is 0 Å². The molecule has 4 fully saturated rings. The zero-order chi connectivity index (χ0) is 16.6. The van der Waals surface area contributed by atoms with E-state index in [0.29, 0.717) is 13.2 Å². The molecule has 2 saturated heterocycles. The number of hydrogen-bond acceptors (Lipinski definition) is 4. The first-order chi connectivity index (χ1) is 10.6. The van der Waals surface area contributed by atoms with Crippen LogP contribution in [0.15, 0.2) is 12.2 Å². The standard InChI is InChI=1S/C15H14I3NO4/c1-11-3-4-13(11)12(2,23-13)14-7(8(11)14)9(20)19(10(14)21)5-6-22-15(16,17)18/h3-4,7-8H,5-6H2,1-2H3. The number of fused-ring (bicyclic) bond motifs is 2. The molecule has 0 aromatic rings. The quantitative estimate of drug-likeness (QED) is 0.154. The maximum Gasteiger partial charge on any atom is 0.239 e. The van der Waals surface area contributed by atoms with Crippen LogP contribution in [-0.2, 0) is 19.1 Å². The van der Waals surface area contributed by atoms with Gasteiger partial charge in [-0.15, -0.1) is 0 Å². The second-order valence-corrected chi connectivity index (χ2v) is 18.2. The minimum atomic E-state index is -0.627. The van der Waals surface area contributed by atoms with Crippen LogP contribution in [0.3, 0.4) is 0 Å². The van der Waals surface area contributed by atoms with Gasteiger partial charge in [0.2, 0.25) is 11.4 Å². The van der Waals surface area contributed by atoms with Gasteiger partial charge in [0.05, 0.1) is 24.5 Å². The predicted octanol–water partition coefficient (Wildman–Crippen LogP) is 2.64. The number of epoxide rings is 1. The van der Waals surface area contributed by atoms with Crippen molar-refractivity contribution in [3.8, 4) is 0 Å². The molecule has 2 amide bonds. The SMILES string of the molecule is CC12C=CC13OC3(C)C13C(=O)N(CCOC(I)(I)I)C(=O)C1C23. The van der Waals surface area contributed by atoms with Crippen molar-refractivity contribution < 1.29 is 19.1 Å². The zero-order valence-corrected chi connectivity index (χ0v) is 18.9. The zero-order valence-electron chi connectivity index (χ0n) is 12.4. The van der Waals surface area contributed by atoms with Crippen molar-refractivity contribution in [2.24, 2.45) is 22.7 Å². The first-order valence-electron chi connectivity index (χ1n) is 7.54. The molecule has 2 spiro atoms. The highest BCUT2D eigenvalue weighted by molar-refractivity contribution is 14.3. The molecular formula is C15H14I3NO4. The number of likely N-dealkylation sites (tertiary alicyclic amines) is 1. The lowest BCUT2D eigenvalue weighted by atomic mass is 9.63. The number of hydrogen-bond donors (Lipinski definition) is 0. The van der Waals surface area contributed by atoms with Crippen molar-refractivity contribution in [3.63, 3.8) is 0 Å². The number of imide groups is 1. The molecule has 8 heteroatoms. The smallest absolute Gasteiger partial charge is 0.239 e. The van der Waals surface area contributed by atoms with Crippen LogP contribution in [-0.4, -0.2) is 40.7 Å². The summed E-state index contributed by atoms with van der Waals surface area (Å²) in [5, 5.41) is 0. The summed E-state index contributed by atoms with van der Waals surface area (Å²) in [6.07, 6.45) is 4.23. The number of nitrogens with zero attached hydrogens (tertiary/aromatic N) is 1. The number of amides is 2. The second kappa shape index (κ2) is 4.11. The Bertz CT molecular complexity index is 720. The Kier molecular flexibility index (Phi) is 2.89. The first kappa shape index (κ1) is 16.2. The van der Waals surface area contributed by atoms with E-state index in [4.69, 9.17) is 9.47 Å². The molecule has 5 rings (SSSR count). The lowest BCUT2D eigenvalue weighted by Crippen LogP contribution is -2.44. The van der Waals surface area contributed by atoms with E-state index in [0.717, 1.165) is 0 Å². The molecule has 2 heterocycles. The summed E-state index contributed by atoms with van der Waals surface area (Å²) < 4.78 is 11.4. The van der Waals surface area contributed by atoms with Gasteiger partial charge in [-0.25, -0.2) is 0 Å². The van der Waals surface area contributed by atoms with Gasteiger partial charge in [0.15, 0.2) is 0 Å².